The predicted octanol–water partition coefficient (Wildman–Crippen LogP) is 1.92. The van der Waals surface area contributed by atoms with E-state index in [0.717, 1.165) is 12.8 Å². The molecule has 0 aromatic carbocycles. The fourth-order valence-electron chi connectivity index (χ4n) is 4.05. The van der Waals surface area contributed by atoms with E-state index in [-0.39, 0.29) is 23.0 Å². The maximum atomic E-state index is 10.6. The molecule has 0 radical (unpaired) electrons. The summed E-state index contributed by atoms with van der Waals surface area (Å²) >= 11 is 0. The summed E-state index contributed by atoms with van der Waals surface area (Å²) in [6.45, 7) is 11.2. The van der Waals surface area contributed by atoms with Crippen molar-refractivity contribution in [2.45, 2.75) is 71.6 Å². The summed E-state index contributed by atoms with van der Waals surface area (Å²) in [5.41, 5.74) is -0.470. The van der Waals surface area contributed by atoms with Crippen molar-refractivity contribution in [2.24, 2.45) is 16.7 Å². The van der Waals surface area contributed by atoms with Gasteiger partial charge in [-0.25, -0.2) is 0 Å². The first-order valence-corrected chi connectivity index (χ1v) is 7.29. The molecule has 0 unspecified atom stereocenters. The molecule has 106 valence electrons. The first kappa shape index (κ1) is 14.3. The van der Waals surface area contributed by atoms with Gasteiger partial charge >= 0.3 is 0 Å². The summed E-state index contributed by atoms with van der Waals surface area (Å²) in [6, 6.07) is 0.136. The van der Waals surface area contributed by atoms with Crippen LogP contribution < -0.4 is 5.32 Å². The van der Waals surface area contributed by atoms with E-state index < -0.39 is 5.60 Å². The first-order valence-electron chi connectivity index (χ1n) is 7.29. The van der Waals surface area contributed by atoms with Crippen LogP contribution in [0.4, 0.5) is 0 Å². The van der Waals surface area contributed by atoms with Crippen LogP contribution in [-0.4, -0.2) is 34.5 Å². The van der Waals surface area contributed by atoms with Gasteiger partial charge in [0.15, 0.2) is 0 Å². The molecule has 0 amide bonds. The van der Waals surface area contributed by atoms with Gasteiger partial charge in [-0.05, 0) is 37.5 Å². The highest BCUT2D eigenvalue weighted by Gasteiger charge is 2.65. The Balaban J connectivity index is 2.09. The lowest BCUT2D eigenvalue weighted by Crippen LogP contribution is -2.51. The van der Waals surface area contributed by atoms with Crippen LogP contribution in [0.25, 0.3) is 0 Å². The van der Waals surface area contributed by atoms with Gasteiger partial charge in [0.1, 0.15) is 0 Å². The maximum Gasteiger partial charge on any atom is 0.0754 e. The van der Waals surface area contributed by atoms with Crippen molar-refractivity contribution in [1.82, 2.24) is 5.32 Å². The van der Waals surface area contributed by atoms with E-state index in [9.17, 15) is 10.2 Å². The van der Waals surface area contributed by atoms with Gasteiger partial charge in [0.2, 0.25) is 0 Å². The molecule has 0 saturated heterocycles. The van der Waals surface area contributed by atoms with E-state index in [2.05, 4.69) is 26.1 Å². The minimum Gasteiger partial charge on any atom is -0.391 e. The SMILES string of the molecule is CC[C@](C)(O)CN[C@@H]1[C@H]2CC[C@@](C)([C@@H]1O)C2(C)C. The Hall–Kier alpha value is -0.120. The Labute approximate surface area is 111 Å². The zero-order chi connectivity index (χ0) is 13.8. The van der Waals surface area contributed by atoms with Crippen molar-refractivity contribution in [3.8, 4) is 0 Å². The second kappa shape index (κ2) is 4.19. The first-order chi connectivity index (χ1) is 8.16. The monoisotopic (exact) mass is 255 g/mol. The molecular weight excluding hydrogens is 226 g/mol. The largest absolute Gasteiger partial charge is 0.391 e. The van der Waals surface area contributed by atoms with Crippen LogP contribution in [0.5, 0.6) is 0 Å². The smallest absolute Gasteiger partial charge is 0.0754 e. The molecule has 18 heavy (non-hydrogen) atoms. The normalized spacial score (nSPS) is 45.2. The predicted molar refractivity (Wildman–Crippen MR) is 73.3 cm³/mol. The van der Waals surface area contributed by atoms with Gasteiger partial charge in [-0.15, -0.1) is 0 Å². The fraction of sp³-hybridized carbons (Fsp3) is 1.00. The van der Waals surface area contributed by atoms with E-state index in [1.165, 1.54) is 6.42 Å². The lowest BCUT2D eigenvalue weighted by Gasteiger charge is -2.37. The van der Waals surface area contributed by atoms with Crippen LogP contribution in [0.3, 0.4) is 0 Å². The minimum atomic E-state index is -0.674. The van der Waals surface area contributed by atoms with Gasteiger partial charge < -0.3 is 15.5 Å². The number of rotatable bonds is 4. The van der Waals surface area contributed by atoms with Gasteiger partial charge in [-0.3, -0.25) is 0 Å². The quantitative estimate of drug-likeness (QED) is 0.719. The Morgan fingerprint density at radius 2 is 1.94 bits per heavy atom. The van der Waals surface area contributed by atoms with Crippen molar-refractivity contribution in [2.75, 3.05) is 6.54 Å². The Morgan fingerprint density at radius 1 is 1.33 bits per heavy atom. The molecule has 0 aliphatic heterocycles. The number of aliphatic hydroxyl groups is 2. The van der Waals surface area contributed by atoms with Crippen molar-refractivity contribution >= 4 is 0 Å². The van der Waals surface area contributed by atoms with E-state index in [1.807, 2.05) is 13.8 Å². The molecule has 3 heteroatoms. The highest BCUT2D eigenvalue weighted by atomic mass is 16.3. The Bertz CT molecular complexity index is 326. The molecule has 3 N–H and O–H groups in total. The van der Waals surface area contributed by atoms with Crippen LogP contribution in [0, 0.1) is 16.7 Å². The van der Waals surface area contributed by atoms with Gasteiger partial charge in [0, 0.05) is 18.0 Å². The lowest BCUT2D eigenvalue weighted by molar-refractivity contribution is -0.00750. The molecule has 2 bridgehead atoms. The number of nitrogens with one attached hydrogen (secondary N) is 1. The molecule has 5 atom stereocenters. The zero-order valence-corrected chi connectivity index (χ0v) is 12.5. The summed E-state index contributed by atoms with van der Waals surface area (Å²) in [6.07, 6.45) is 2.74. The molecule has 2 aliphatic carbocycles. The van der Waals surface area contributed by atoms with E-state index in [1.54, 1.807) is 0 Å². The topological polar surface area (TPSA) is 52.5 Å². The number of hydrogen-bond donors (Lipinski definition) is 3. The van der Waals surface area contributed by atoms with Crippen molar-refractivity contribution in [3.63, 3.8) is 0 Å². The molecular formula is C15H29NO2. The van der Waals surface area contributed by atoms with E-state index in [4.69, 9.17) is 0 Å². The van der Waals surface area contributed by atoms with Gasteiger partial charge in [0.05, 0.1) is 11.7 Å². The standard InChI is InChI=1S/C15H29NO2/c1-6-14(4,18)9-16-11-10-7-8-15(5,12(11)17)13(10,2)3/h10-12,16-18H,6-9H2,1-5H3/t10-,11-,12-,14+,15+/m1/s1. The van der Waals surface area contributed by atoms with E-state index >= 15 is 0 Å². The average Bonchev–Trinajstić information content (AvgIpc) is 2.59. The second-order valence-electron chi connectivity index (χ2n) is 7.49. The van der Waals surface area contributed by atoms with Gasteiger partial charge in [0.25, 0.3) is 0 Å². The molecule has 0 spiro atoms. The van der Waals surface area contributed by atoms with Crippen molar-refractivity contribution in [1.29, 1.82) is 0 Å². The number of aliphatic hydroxyl groups excluding tert-OH is 1. The minimum absolute atomic E-state index is 0.0212. The summed E-state index contributed by atoms with van der Waals surface area (Å²) in [5.74, 6) is 0.519. The molecule has 2 rings (SSSR count). The maximum absolute atomic E-state index is 10.6. The fourth-order valence-corrected chi connectivity index (χ4v) is 4.05. The highest BCUT2D eigenvalue weighted by molar-refractivity contribution is 5.17. The van der Waals surface area contributed by atoms with Crippen molar-refractivity contribution in [3.05, 3.63) is 0 Å². The average molecular weight is 255 g/mol. The van der Waals surface area contributed by atoms with Gasteiger partial charge in [-0.2, -0.15) is 0 Å². The number of hydrogen-bond acceptors (Lipinski definition) is 3. The Kier molecular flexibility index (Phi) is 3.33. The van der Waals surface area contributed by atoms with Gasteiger partial charge in [-0.1, -0.05) is 27.7 Å². The highest BCUT2D eigenvalue weighted by Crippen LogP contribution is 2.65. The third-order valence-corrected chi connectivity index (χ3v) is 6.28. The third-order valence-electron chi connectivity index (χ3n) is 6.28. The summed E-state index contributed by atoms with van der Waals surface area (Å²) in [7, 11) is 0. The molecule has 2 fully saturated rings. The molecule has 0 aromatic rings. The second-order valence-corrected chi connectivity index (χ2v) is 7.49. The summed E-state index contributed by atoms with van der Waals surface area (Å²) < 4.78 is 0. The summed E-state index contributed by atoms with van der Waals surface area (Å²) in [4.78, 5) is 0. The van der Waals surface area contributed by atoms with E-state index in [0.29, 0.717) is 12.5 Å². The third kappa shape index (κ3) is 1.83. The zero-order valence-electron chi connectivity index (χ0n) is 12.5. The summed E-state index contributed by atoms with van der Waals surface area (Å²) in [5, 5.41) is 24.1. The van der Waals surface area contributed by atoms with Crippen LogP contribution >= 0.6 is 0 Å². The van der Waals surface area contributed by atoms with Crippen LogP contribution in [0.15, 0.2) is 0 Å². The molecule has 2 aliphatic rings. The Morgan fingerprint density at radius 3 is 2.39 bits per heavy atom. The number of fused-ring (bicyclic) bond motifs is 2. The van der Waals surface area contributed by atoms with Crippen LogP contribution in [0.2, 0.25) is 0 Å². The molecule has 3 nitrogen and oxygen atoms in total. The van der Waals surface area contributed by atoms with Crippen LogP contribution in [0.1, 0.15) is 53.9 Å². The van der Waals surface area contributed by atoms with Crippen molar-refractivity contribution < 1.29 is 10.2 Å². The molecule has 2 saturated carbocycles. The molecule has 0 aromatic heterocycles. The lowest BCUT2D eigenvalue weighted by atomic mass is 9.70. The molecule has 0 heterocycles. The van der Waals surface area contributed by atoms with Crippen LogP contribution in [-0.2, 0) is 0 Å².